The first-order valence-electron chi connectivity index (χ1n) is 2.67. The summed E-state index contributed by atoms with van der Waals surface area (Å²) in [6.07, 6.45) is 5.54. The summed E-state index contributed by atoms with van der Waals surface area (Å²) in [7, 11) is 0. The molecule has 3 heteroatoms. The van der Waals surface area contributed by atoms with Gasteiger partial charge in [0.15, 0.2) is 0 Å². The lowest BCUT2D eigenvalue weighted by Crippen LogP contribution is -2.00. The van der Waals surface area contributed by atoms with Gasteiger partial charge >= 0.3 is 0 Å². The average Bonchev–Trinajstić information content (AvgIpc) is 1.90. The molecule has 3 nitrogen and oxygen atoms in total. The highest BCUT2D eigenvalue weighted by molar-refractivity contribution is 5.97. The number of rotatable bonds is 0. The van der Waals surface area contributed by atoms with Gasteiger partial charge in [-0.25, -0.2) is 0 Å². The molecule has 0 aromatic rings. The minimum absolute atomic E-state index is 0.280. The molecule has 0 saturated heterocycles. The van der Waals surface area contributed by atoms with Crippen molar-refractivity contribution in [3.8, 4) is 0 Å². The van der Waals surface area contributed by atoms with Crippen molar-refractivity contribution in [1.82, 2.24) is 0 Å². The summed E-state index contributed by atoms with van der Waals surface area (Å²) >= 11 is 0. The van der Waals surface area contributed by atoms with Crippen molar-refractivity contribution in [2.24, 2.45) is 10.9 Å². The summed E-state index contributed by atoms with van der Waals surface area (Å²) in [6, 6.07) is 0. The molecule has 1 aliphatic carbocycles. The highest BCUT2D eigenvalue weighted by Gasteiger charge is 1.98. The number of hydrogen-bond acceptors (Lipinski definition) is 3. The lowest BCUT2D eigenvalue weighted by molar-refractivity contribution is 0.430. The van der Waals surface area contributed by atoms with Crippen LogP contribution in [0.2, 0.25) is 0 Å². The van der Waals surface area contributed by atoms with Crippen LogP contribution in [-0.2, 0) is 0 Å². The van der Waals surface area contributed by atoms with E-state index in [4.69, 9.17) is 10.9 Å². The zero-order valence-corrected chi connectivity index (χ0v) is 4.91. The summed E-state index contributed by atoms with van der Waals surface area (Å²) in [5, 5.41) is 12.3. The second kappa shape index (κ2) is 2.35. The molecule has 0 aliphatic heterocycles. The van der Waals surface area contributed by atoms with Gasteiger partial charge in [-0.2, -0.15) is 5.10 Å². The van der Waals surface area contributed by atoms with E-state index in [1.54, 1.807) is 18.2 Å². The molecule has 0 bridgehead atoms. The van der Waals surface area contributed by atoms with Crippen molar-refractivity contribution < 1.29 is 5.11 Å². The molecule has 0 unspecified atom stereocenters. The van der Waals surface area contributed by atoms with E-state index in [9.17, 15) is 0 Å². The molecule has 0 saturated carbocycles. The van der Waals surface area contributed by atoms with Gasteiger partial charge in [0.25, 0.3) is 0 Å². The monoisotopic (exact) mass is 124 g/mol. The smallest absolute Gasteiger partial charge is 0.112 e. The first-order chi connectivity index (χ1) is 4.33. The predicted octanol–water partition coefficient (Wildman–Crippen LogP) is 0.703. The topological polar surface area (TPSA) is 58.6 Å². The molecule has 0 aromatic carbocycles. The molecule has 0 spiro atoms. The summed E-state index contributed by atoms with van der Waals surface area (Å²) in [6.45, 7) is 0. The predicted molar refractivity (Wildman–Crippen MR) is 36.1 cm³/mol. The first-order valence-corrected chi connectivity index (χ1v) is 2.67. The van der Waals surface area contributed by atoms with Crippen LogP contribution in [0.4, 0.5) is 0 Å². The van der Waals surface area contributed by atoms with Crippen LogP contribution in [0.3, 0.4) is 0 Å². The van der Waals surface area contributed by atoms with Gasteiger partial charge in [0, 0.05) is 6.42 Å². The minimum Gasteiger partial charge on any atom is -0.508 e. The third kappa shape index (κ3) is 1.32. The van der Waals surface area contributed by atoms with E-state index in [-0.39, 0.29) is 5.76 Å². The van der Waals surface area contributed by atoms with E-state index < -0.39 is 0 Å². The number of hydrogen-bond donors (Lipinski definition) is 2. The van der Waals surface area contributed by atoms with Crippen LogP contribution in [0.5, 0.6) is 0 Å². The second-order valence-electron chi connectivity index (χ2n) is 1.79. The lowest BCUT2D eigenvalue weighted by atomic mass is 10.1. The molecular formula is C6H8N2O. The van der Waals surface area contributed by atoms with Gasteiger partial charge in [-0.1, -0.05) is 0 Å². The zero-order valence-electron chi connectivity index (χ0n) is 4.91. The number of nitrogens with two attached hydrogens (primary N) is 1. The minimum atomic E-state index is 0.280. The largest absolute Gasteiger partial charge is 0.508 e. The maximum Gasteiger partial charge on any atom is 0.112 e. The van der Waals surface area contributed by atoms with E-state index in [1.165, 1.54) is 0 Å². The Morgan fingerprint density at radius 2 is 2.33 bits per heavy atom. The van der Waals surface area contributed by atoms with Gasteiger partial charge in [-0.3, -0.25) is 0 Å². The molecule has 0 atom stereocenters. The maximum atomic E-state index is 8.80. The van der Waals surface area contributed by atoms with Crippen LogP contribution >= 0.6 is 0 Å². The normalized spacial score (nSPS) is 22.2. The van der Waals surface area contributed by atoms with Crippen LogP contribution in [0.1, 0.15) is 6.42 Å². The summed E-state index contributed by atoms with van der Waals surface area (Å²) < 4.78 is 0. The zero-order chi connectivity index (χ0) is 6.69. The Morgan fingerprint density at radius 1 is 1.56 bits per heavy atom. The van der Waals surface area contributed by atoms with E-state index in [2.05, 4.69) is 5.10 Å². The van der Waals surface area contributed by atoms with Crippen LogP contribution in [0, 0.1) is 0 Å². The van der Waals surface area contributed by atoms with Crippen LogP contribution in [-0.4, -0.2) is 10.8 Å². The number of aliphatic hydroxyl groups is 1. The number of allylic oxidation sites excluding steroid dienone is 3. The second-order valence-corrected chi connectivity index (χ2v) is 1.79. The number of aliphatic hydroxyl groups excluding tert-OH is 1. The van der Waals surface area contributed by atoms with Crippen molar-refractivity contribution in [3.63, 3.8) is 0 Å². The van der Waals surface area contributed by atoms with E-state index in [0.29, 0.717) is 6.42 Å². The van der Waals surface area contributed by atoms with Crippen LogP contribution in [0.25, 0.3) is 0 Å². The Kier molecular flexibility index (Phi) is 1.53. The van der Waals surface area contributed by atoms with Gasteiger partial charge in [0.1, 0.15) is 5.76 Å². The maximum absolute atomic E-state index is 8.80. The third-order valence-electron chi connectivity index (χ3n) is 1.13. The molecule has 48 valence electrons. The van der Waals surface area contributed by atoms with Gasteiger partial charge in [0.2, 0.25) is 0 Å². The van der Waals surface area contributed by atoms with Crippen molar-refractivity contribution in [1.29, 1.82) is 0 Å². The third-order valence-corrected chi connectivity index (χ3v) is 1.13. The van der Waals surface area contributed by atoms with Crippen LogP contribution < -0.4 is 5.84 Å². The average molecular weight is 124 g/mol. The fraction of sp³-hybridized carbons (Fsp3) is 0.167. The Balaban J connectivity index is 2.70. The van der Waals surface area contributed by atoms with E-state index in [1.807, 2.05) is 0 Å². The molecule has 3 N–H and O–H groups in total. The fourth-order valence-corrected chi connectivity index (χ4v) is 0.623. The quantitative estimate of drug-likeness (QED) is 0.369. The van der Waals surface area contributed by atoms with Crippen molar-refractivity contribution in [2.75, 3.05) is 0 Å². The molecule has 1 aliphatic rings. The van der Waals surface area contributed by atoms with E-state index in [0.717, 1.165) is 5.71 Å². The lowest BCUT2D eigenvalue weighted by Gasteiger charge is -1.99. The first kappa shape index (κ1) is 5.88. The SMILES string of the molecule is NN=C1C=CC(O)=CC1. The molecular weight excluding hydrogens is 116 g/mol. The molecule has 1 rings (SSSR count). The molecule has 0 heterocycles. The fourth-order valence-electron chi connectivity index (χ4n) is 0.623. The Hall–Kier alpha value is -1.25. The Bertz CT molecular complexity index is 191. The van der Waals surface area contributed by atoms with Gasteiger partial charge < -0.3 is 10.9 Å². The van der Waals surface area contributed by atoms with Gasteiger partial charge in [0.05, 0.1) is 5.71 Å². The molecule has 0 radical (unpaired) electrons. The van der Waals surface area contributed by atoms with Crippen molar-refractivity contribution in [2.45, 2.75) is 6.42 Å². The van der Waals surface area contributed by atoms with E-state index >= 15 is 0 Å². The van der Waals surface area contributed by atoms with Crippen molar-refractivity contribution in [3.05, 3.63) is 24.0 Å². The Morgan fingerprint density at radius 3 is 2.78 bits per heavy atom. The van der Waals surface area contributed by atoms with Crippen molar-refractivity contribution >= 4 is 5.71 Å². The summed E-state index contributed by atoms with van der Waals surface area (Å²) in [5.74, 6) is 5.25. The standard InChI is InChI=1S/C6H8N2O/c7-8-5-1-3-6(9)4-2-5/h1,3-4,9H,2,7H2. The van der Waals surface area contributed by atoms with Crippen LogP contribution in [0.15, 0.2) is 29.1 Å². The number of nitrogens with zero attached hydrogens (tertiary/aromatic N) is 1. The molecule has 0 amide bonds. The summed E-state index contributed by atoms with van der Waals surface area (Å²) in [4.78, 5) is 0. The van der Waals surface area contributed by atoms with Gasteiger partial charge in [-0.05, 0) is 18.2 Å². The molecule has 0 aromatic heterocycles. The summed E-state index contributed by atoms with van der Waals surface area (Å²) in [5.41, 5.74) is 0.785. The Labute approximate surface area is 53.2 Å². The highest BCUT2D eigenvalue weighted by Crippen LogP contribution is 2.03. The highest BCUT2D eigenvalue weighted by atomic mass is 16.3. The molecule has 9 heavy (non-hydrogen) atoms. The number of hydrazone groups is 1. The van der Waals surface area contributed by atoms with Gasteiger partial charge in [-0.15, -0.1) is 0 Å². The molecule has 0 fully saturated rings.